The third-order valence-electron chi connectivity index (χ3n) is 6.47. The highest BCUT2D eigenvalue weighted by atomic mass is 35.5. The fraction of sp³-hybridized carbons (Fsp3) is 0.333. The summed E-state index contributed by atoms with van der Waals surface area (Å²) < 4.78 is 26.8. The molecule has 0 aromatic heterocycles. The van der Waals surface area contributed by atoms with Crippen LogP contribution < -0.4 is 9.62 Å². The number of hydrogen-bond donors (Lipinski definition) is 1. The van der Waals surface area contributed by atoms with Gasteiger partial charge in [-0.1, -0.05) is 85.6 Å². The van der Waals surface area contributed by atoms with Crippen molar-refractivity contribution in [2.75, 3.05) is 23.7 Å². The van der Waals surface area contributed by atoms with E-state index >= 15 is 0 Å². The van der Waals surface area contributed by atoms with Gasteiger partial charge in [0.25, 0.3) is 0 Å². The summed E-state index contributed by atoms with van der Waals surface area (Å²) in [5.74, 6) is -0.846. The van der Waals surface area contributed by atoms with Gasteiger partial charge in [0.1, 0.15) is 12.6 Å². The van der Waals surface area contributed by atoms with E-state index in [1.54, 1.807) is 30.3 Å². The summed E-state index contributed by atoms with van der Waals surface area (Å²) in [4.78, 5) is 29.0. The van der Waals surface area contributed by atoms with Crippen molar-refractivity contribution in [1.29, 1.82) is 0 Å². The van der Waals surface area contributed by atoms with Gasteiger partial charge in [-0.2, -0.15) is 0 Å². The van der Waals surface area contributed by atoms with Crippen LogP contribution in [0, 0.1) is 0 Å². The van der Waals surface area contributed by atoms with E-state index in [1.807, 2.05) is 56.3 Å². The largest absolute Gasteiger partial charge is 0.354 e. The van der Waals surface area contributed by atoms with E-state index in [2.05, 4.69) is 5.32 Å². The molecule has 0 fully saturated rings. The van der Waals surface area contributed by atoms with Crippen molar-refractivity contribution >= 4 is 50.7 Å². The second kappa shape index (κ2) is 14.5. The minimum Gasteiger partial charge on any atom is -0.354 e. The van der Waals surface area contributed by atoms with Crippen molar-refractivity contribution in [3.05, 3.63) is 99.5 Å². The van der Waals surface area contributed by atoms with E-state index in [1.165, 1.54) is 4.90 Å². The Labute approximate surface area is 247 Å². The third-order valence-corrected chi connectivity index (χ3v) is 8.35. The van der Waals surface area contributed by atoms with Crippen molar-refractivity contribution in [2.24, 2.45) is 0 Å². The van der Waals surface area contributed by atoms with Crippen LogP contribution in [0.2, 0.25) is 10.0 Å². The summed E-state index contributed by atoms with van der Waals surface area (Å²) >= 11 is 12.4. The van der Waals surface area contributed by atoms with Crippen LogP contribution in [0.1, 0.15) is 37.0 Å². The third kappa shape index (κ3) is 8.71. The molecule has 0 aliphatic rings. The first-order chi connectivity index (χ1) is 19.0. The summed E-state index contributed by atoms with van der Waals surface area (Å²) in [6, 6.07) is 20.5. The molecule has 3 aromatic rings. The highest BCUT2D eigenvalue weighted by Gasteiger charge is 2.33. The molecule has 3 aromatic carbocycles. The number of nitrogens with one attached hydrogen (secondary N) is 1. The quantitative estimate of drug-likeness (QED) is 0.280. The Kier molecular flexibility index (Phi) is 11.4. The molecule has 0 saturated heterocycles. The molecule has 0 radical (unpaired) electrons. The van der Waals surface area contributed by atoms with Crippen LogP contribution in [0.5, 0.6) is 0 Å². The van der Waals surface area contributed by atoms with E-state index in [-0.39, 0.29) is 18.9 Å². The Morgan fingerprint density at radius 2 is 1.52 bits per heavy atom. The van der Waals surface area contributed by atoms with E-state index in [0.717, 1.165) is 34.5 Å². The van der Waals surface area contributed by atoms with Gasteiger partial charge in [0, 0.05) is 19.5 Å². The normalized spacial score (nSPS) is 12.0. The van der Waals surface area contributed by atoms with E-state index < -0.39 is 28.5 Å². The zero-order chi connectivity index (χ0) is 29.3. The Balaban J connectivity index is 2.05. The fourth-order valence-corrected chi connectivity index (χ4v) is 5.44. The zero-order valence-corrected chi connectivity index (χ0v) is 25.3. The van der Waals surface area contributed by atoms with Gasteiger partial charge in [0.2, 0.25) is 21.8 Å². The lowest BCUT2D eigenvalue weighted by Gasteiger charge is -2.33. The number of carbonyl (C=O) groups is 2. The fourth-order valence-electron chi connectivity index (χ4n) is 4.27. The maximum Gasteiger partial charge on any atom is 0.244 e. The van der Waals surface area contributed by atoms with Crippen LogP contribution in [0.3, 0.4) is 0 Å². The first kappa shape index (κ1) is 31.5. The second-order valence-corrected chi connectivity index (χ2v) is 12.3. The molecule has 40 heavy (non-hydrogen) atoms. The van der Waals surface area contributed by atoms with Gasteiger partial charge in [-0.05, 0) is 53.8 Å². The predicted octanol–water partition coefficient (Wildman–Crippen LogP) is 5.49. The molecule has 0 bridgehead atoms. The van der Waals surface area contributed by atoms with Gasteiger partial charge >= 0.3 is 0 Å². The lowest BCUT2D eigenvalue weighted by molar-refractivity contribution is -0.140. The van der Waals surface area contributed by atoms with Gasteiger partial charge in [0.05, 0.1) is 22.0 Å². The standard InChI is InChI=1S/C30H35Cl2N3O4S/c1-4-17-33-30(37)28(19-23-9-7-6-8-10-23)34(20-24-13-16-26(31)27(32)18-24)29(36)21-35(40(3,38)39)25-14-11-22(5-2)12-15-25/h6-16,18,28H,4-5,17,19-21H2,1-3H3,(H,33,37)/t28-/m0/s1. The molecule has 214 valence electrons. The molecule has 0 saturated carbocycles. The van der Waals surface area contributed by atoms with Gasteiger partial charge in [-0.15, -0.1) is 0 Å². The van der Waals surface area contributed by atoms with E-state index in [4.69, 9.17) is 23.2 Å². The van der Waals surface area contributed by atoms with Crippen molar-refractivity contribution in [2.45, 2.75) is 45.7 Å². The average Bonchev–Trinajstić information content (AvgIpc) is 2.94. The van der Waals surface area contributed by atoms with Crippen LogP contribution >= 0.6 is 23.2 Å². The Morgan fingerprint density at radius 3 is 2.10 bits per heavy atom. The molecule has 7 nitrogen and oxygen atoms in total. The molecule has 3 rings (SSSR count). The lowest BCUT2D eigenvalue weighted by atomic mass is 10.0. The number of amides is 2. The lowest BCUT2D eigenvalue weighted by Crippen LogP contribution is -2.53. The average molecular weight is 605 g/mol. The molecular weight excluding hydrogens is 569 g/mol. The minimum absolute atomic E-state index is 0.0269. The highest BCUT2D eigenvalue weighted by molar-refractivity contribution is 7.92. The SMILES string of the molecule is CCCNC(=O)[C@H](Cc1ccccc1)N(Cc1ccc(Cl)c(Cl)c1)C(=O)CN(c1ccc(CC)cc1)S(C)(=O)=O. The number of hydrogen-bond acceptors (Lipinski definition) is 4. The van der Waals surface area contributed by atoms with Crippen molar-refractivity contribution in [1.82, 2.24) is 10.2 Å². The monoisotopic (exact) mass is 603 g/mol. The van der Waals surface area contributed by atoms with E-state index in [0.29, 0.717) is 27.8 Å². The van der Waals surface area contributed by atoms with Crippen molar-refractivity contribution in [3.8, 4) is 0 Å². The van der Waals surface area contributed by atoms with Crippen molar-refractivity contribution in [3.63, 3.8) is 0 Å². The molecular formula is C30H35Cl2N3O4S. The molecule has 0 unspecified atom stereocenters. The summed E-state index contributed by atoms with van der Waals surface area (Å²) in [7, 11) is -3.82. The number of carbonyl (C=O) groups excluding carboxylic acids is 2. The molecule has 0 aliphatic carbocycles. The maximum atomic E-state index is 14.0. The molecule has 0 heterocycles. The molecule has 1 atom stereocenters. The number of sulfonamides is 1. The maximum absolute atomic E-state index is 14.0. The highest BCUT2D eigenvalue weighted by Crippen LogP contribution is 2.25. The first-order valence-corrected chi connectivity index (χ1v) is 15.8. The molecule has 0 spiro atoms. The van der Waals surface area contributed by atoms with Crippen LogP contribution in [0.4, 0.5) is 5.69 Å². The van der Waals surface area contributed by atoms with Crippen LogP contribution in [0.15, 0.2) is 72.8 Å². The van der Waals surface area contributed by atoms with Crippen LogP contribution in [-0.4, -0.2) is 50.5 Å². The number of rotatable bonds is 13. The number of nitrogens with zero attached hydrogens (tertiary/aromatic N) is 2. The summed E-state index contributed by atoms with van der Waals surface area (Å²) in [5.41, 5.74) is 2.93. The molecule has 0 aliphatic heterocycles. The number of halogens is 2. The van der Waals surface area contributed by atoms with Gasteiger partial charge in [0.15, 0.2) is 0 Å². The van der Waals surface area contributed by atoms with Gasteiger partial charge < -0.3 is 10.2 Å². The first-order valence-electron chi connectivity index (χ1n) is 13.1. The minimum atomic E-state index is -3.82. The van der Waals surface area contributed by atoms with Crippen LogP contribution in [-0.2, 0) is 39.0 Å². The summed E-state index contributed by atoms with van der Waals surface area (Å²) in [6.07, 6.45) is 2.82. The Bertz CT molecular complexity index is 1400. The van der Waals surface area contributed by atoms with Crippen LogP contribution in [0.25, 0.3) is 0 Å². The van der Waals surface area contributed by atoms with E-state index in [9.17, 15) is 18.0 Å². The summed E-state index contributed by atoms with van der Waals surface area (Å²) in [5, 5.41) is 3.59. The predicted molar refractivity (Wildman–Crippen MR) is 162 cm³/mol. The zero-order valence-electron chi connectivity index (χ0n) is 22.9. The Morgan fingerprint density at radius 1 is 0.875 bits per heavy atom. The molecule has 10 heteroatoms. The van der Waals surface area contributed by atoms with Crippen molar-refractivity contribution < 1.29 is 18.0 Å². The topological polar surface area (TPSA) is 86.8 Å². The number of anilines is 1. The smallest absolute Gasteiger partial charge is 0.244 e. The number of benzene rings is 3. The number of aryl methyl sites for hydroxylation is 1. The molecule has 1 N–H and O–H groups in total. The Hall–Kier alpha value is -3.07. The molecule has 2 amide bonds. The van der Waals surface area contributed by atoms with Gasteiger partial charge in [-0.3, -0.25) is 13.9 Å². The second-order valence-electron chi connectivity index (χ2n) is 9.56. The summed E-state index contributed by atoms with van der Waals surface area (Å²) in [6.45, 7) is 3.94. The van der Waals surface area contributed by atoms with Gasteiger partial charge in [-0.25, -0.2) is 8.42 Å².